The topological polar surface area (TPSA) is 135 Å². The summed E-state index contributed by atoms with van der Waals surface area (Å²) in [6.07, 6.45) is 2.48. The van der Waals surface area contributed by atoms with Gasteiger partial charge < -0.3 is 24.6 Å². The van der Waals surface area contributed by atoms with Crippen LogP contribution in [0.15, 0.2) is 140 Å². The Bertz CT molecular complexity index is 2400. The molecule has 0 spiro atoms. The number of fused-ring (bicyclic) bond motifs is 4. The summed E-state index contributed by atoms with van der Waals surface area (Å²) >= 11 is 0. The molecule has 11 nitrogen and oxygen atoms in total. The summed E-state index contributed by atoms with van der Waals surface area (Å²) in [7, 11) is 0. The average molecular weight is 836 g/mol. The first-order valence-electron chi connectivity index (χ1n) is 21.1. The van der Waals surface area contributed by atoms with Crippen LogP contribution in [-0.2, 0) is 34.6 Å². The number of ether oxygens (including phenoxy) is 3. The van der Waals surface area contributed by atoms with Gasteiger partial charge in [-0.1, -0.05) is 117 Å². The molecule has 0 radical (unpaired) electrons. The number of ketones is 1. The first-order valence-corrected chi connectivity index (χ1v) is 21.1. The molecule has 2 atom stereocenters. The van der Waals surface area contributed by atoms with Crippen LogP contribution in [0, 0.1) is 0 Å². The minimum Gasteiger partial charge on any atom is -0.490 e. The highest BCUT2D eigenvalue weighted by molar-refractivity contribution is 6.02. The number of aliphatic hydroxyl groups is 1. The van der Waals surface area contributed by atoms with Gasteiger partial charge in [-0.3, -0.25) is 19.4 Å². The van der Waals surface area contributed by atoms with Gasteiger partial charge in [0.1, 0.15) is 25.6 Å². The molecule has 1 saturated carbocycles. The van der Waals surface area contributed by atoms with Crippen molar-refractivity contribution in [1.29, 1.82) is 0 Å². The molecule has 0 aromatic heterocycles. The Morgan fingerprint density at radius 2 is 1.53 bits per heavy atom. The number of hydrogen-bond donors (Lipinski definition) is 2. The molecule has 7 rings (SSSR count). The van der Waals surface area contributed by atoms with Crippen molar-refractivity contribution in [3.05, 3.63) is 178 Å². The summed E-state index contributed by atoms with van der Waals surface area (Å²) in [4.78, 5) is 58.4. The van der Waals surface area contributed by atoms with Gasteiger partial charge in [-0.2, -0.15) is 0 Å². The second-order valence-corrected chi connectivity index (χ2v) is 16.2. The first-order chi connectivity index (χ1) is 30.0. The van der Waals surface area contributed by atoms with E-state index in [-0.39, 0.29) is 67.8 Å². The van der Waals surface area contributed by atoms with Crippen LogP contribution in [0.25, 0.3) is 0 Å². The lowest BCUT2D eigenvalue weighted by molar-refractivity contribution is 0.0319. The fraction of sp³-hybridized carbons (Fsp3) is 0.294. The van der Waals surface area contributed by atoms with Gasteiger partial charge in [-0.25, -0.2) is 9.59 Å². The molecule has 62 heavy (non-hydrogen) atoms. The van der Waals surface area contributed by atoms with Gasteiger partial charge in [0.05, 0.1) is 24.2 Å². The minimum absolute atomic E-state index is 0.0138. The molecular formula is C51H53N3O8. The summed E-state index contributed by atoms with van der Waals surface area (Å²) in [5.74, 6) is -0.0724. The maximum absolute atomic E-state index is 14.5. The smallest absolute Gasteiger partial charge is 0.414 e. The van der Waals surface area contributed by atoms with Crippen molar-refractivity contribution in [2.75, 3.05) is 24.6 Å². The predicted octanol–water partition coefficient (Wildman–Crippen LogP) is 9.13. The van der Waals surface area contributed by atoms with Crippen molar-refractivity contribution in [1.82, 2.24) is 10.2 Å². The van der Waals surface area contributed by atoms with Crippen LogP contribution < -0.4 is 15.0 Å². The van der Waals surface area contributed by atoms with Crippen LogP contribution in [0.3, 0.4) is 0 Å². The predicted molar refractivity (Wildman–Crippen MR) is 237 cm³/mol. The normalized spacial score (nSPS) is 16.9. The van der Waals surface area contributed by atoms with Crippen LogP contribution in [0.1, 0.15) is 88.1 Å². The van der Waals surface area contributed by atoms with Crippen molar-refractivity contribution >= 4 is 29.6 Å². The summed E-state index contributed by atoms with van der Waals surface area (Å²) < 4.78 is 17.7. The van der Waals surface area contributed by atoms with E-state index >= 15 is 0 Å². The lowest BCUT2D eigenvalue weighted by Crippen LogP contribution is -2.53. The fourth-order valence-electron chi connectivity index (χ4n) is 7.68. The molecule has 11 heteroatoms. The molecule has 1 aliphatic heterocycles. The monoisotopic (exact) mass is 835 g/mol. The number of carbonyl (C=O) groups is 4. The number of aliphatic hydroxyl groups excluding tert-OH is 1. The van der Waals surface area contributed by atoms with Crippen molar-refractivity contribution in [3.8, 4) is 5.75 Å². The number of rotatable bonds is 11. The molecule has 4 bridgehead atoms. The SMILES string of the molecule is CC(=O)c1cc2cc(c1)N(C(=O)OCc1ccccc1)C/C=C\COc1cccc(c1)C[C@@H]([C@H](O)CN(C(=O)OCc1ccccc1)C1(c3cccc(C(C)C)c3)CC1)NC2=O. The van der Waals surface area contributed by atoms with E-state index in [1.165, 1.54) is 24.0 Å². The van der Waals surface area contributed by atoms with Gasteiger partial charge in [0.25, 0.3) is 5.91 Å². The highest BCUT2D eigenvalue weighted by Crippen LogP contribution is 2.52. The largest absolute Gasteiger partial charge is 0.490 e. The van der Waals surface area contributed by atoms with Crippen molar-refractivity contribution in [3.63, 3.8) is 0 Å². The summed E-state index contributed by atoms with van der Waals surface area (Å²) in [6.45, 7) is 5.77. The number of anilines is 1. The molecule has 1 heterocycles. The molecule has 1 aliphatic carbocycles. The van der Waals surface area contributed by atoms with Crippen LogP contribution in [0.2, 0.25) is 0 Å². The van der Waals surface area contributed by atoms with Crippen LogP contribution in [0.5, 0.6) is 5.75 Å². The van der Waals surface area contributed by atoms with Gasteiger partial charge in [0, 0.05) is 23.4 Å². The standard InChI is InChI=1S/C51H53N3O8/c1-35(2)40-19-13-20-43(29-40)51(22-23-51)54(50(59)62-34-38-16-8-5-9-17-38)32-47(56)46-27-39-18-12-21-45(26-39)60-25-11-10-24-53(49(58)61-33-37-14-6-4-7-15-37)44-30-41(36(3)55)28-42(31-44)48(57)52-46/h4-21,26,28-31,35,46-47,56H,22-25,27,32-34H2,1-3H3,(H,52,57)/b11-10-/t46-,47+/m0/s1. The molecule has 320 valence electrons. The molecule has 0 saturated heterocycles. The number of hydrogen-bond acceptors (Lipinski definition) is 8. The van der Waals surface area contributed by atoms with Gasteiger partial charge in [-0.05, 0) is 96.3 Å². The molecule has 5 aromatic rings. The Morgan fingerprint density at radius 1 is 0.839 bits per heavy atom. The molecule has 1 fully saturated rings. The Labute approximate surface area is 362 Å². The summed E-state index contributed by atoms with van der Waals surface area (Å²) in [5, 5.41) is 15.4. The second-order valence-electron chi connectivity index (χ2n) is 16.2. The zero-order valence-corrected chi connectivity index (χ0v) is 35.4. The number of Topliss-reactive ketones (excluding diaryl/α,β-unsaturated/α-hetero) is 1. The maximum atomic E-state index is 14.5. The number of nitrogens with zero attached hydrogens (tertiary/aromatic N) is 2. The maximum Gasteiger partial charge on any atom is 0.414 e. The highest BCUT2D eigenvalue weighted by Gasteiger charge is 2.53. The summed E-state index contributed by atoms with van der Waals surface area (Å²) in [5.41, 5.74) is 4.32. The Morgan fingerprint density at radius 3 is 2.21 bits per heavy atom. The molecular weight excluding hydrogens is 783 g/mol. The molecule has 2 aliphatic rings. The highest BCUT2D eigenvalue weighted by atomic mass is 16.6. The van der Waals surface area contributed by atoms with Crippen LogP contribution >= 0.6 is 0 Å². The van der Waals surface area contributed by atoms with Crippen molar-refractivity contribution < 1.29 is 38.5 Å². The first kappa shape index (κ1) is 43.4. The average Bonchev–Trinajstić information content (AvgIpc) is 4.10. The number of benzene rings is 5. The molecule has 3 amide bonds. The van der Waals surface area contributed by atoms with E-state index in [0.29, 0.717) is 18.6 Å². The Hall–Kier alpha value is -6.72. The van der Waals surface area contributed by atoms with E-state index in [1.54, 1.807) is 23.1 Å². The Balaban J connectivity index is 1.23. The molecule has 2 N–H and O–H groups in total. The summed E-state index contributed by atoms with van der Waals surface area (Å²) in [6, 6.07) is 37.9. The van der Waals surface area contributed by atoms with E-state index in [4.69, 9.17) is 14.2 Å². The second kappa shape index (κ2) is 19.8. The van der Waals surface area contributed by atoms with Crippen molar-refractivity contribution in [2.45, 2.75) is 76.9 Å². The lowest BCUT2D eigenvalue weighted by Gasteiger charge is -2.36. The number of carbonyl (C=O) groups excluding carboxylic acids is 4. The third kappa shape index (κ3) is 10.8. The third-order valence-corrected chi connectivity index (χ3v) is 11.4. The Kier molecular flexibility index (Phi) is 13.8. The minimum atomic E-state index is -1.29. The zero-order valence-electron chi connectivity index (χ0n) is 35.4. The fourth-order valence-corrected chi connectivity index (χ4v) is 7.68. The zero-order chi connectivity index (χ0) is 43.6. The van der Waals surface area contributed by atoms with Gasteiger partial charge in [0.2, 0.25) is 0 Å². The van der Waals surface area contributed by atoms with Crippen LogP contribution in [-0.4, -0.2) is 65.7 Å². The van der Waals surface area contributed by atoms with Gasteiger partial charge in [0.15, 0.2) is 5.78 Å². The third-order valence-electron chi connectivity index (χ3n) is 11.4. The van der Waals surface area contributed by atoms with E-state index in [0.717, 1.165) is 27.8 Å². The van der Waals surface area contributed by atoms with E-state index in [1.807, 2.05) is 97.1 Å². The van der Waals surface area contributed by atoms with E-state index < -0.39 is 35.8 Å². The van der Waals surface area contributed by atoms with E-state index in [2.05, 4.69) is 31.3 Å². The lowest BCUT2D eigenvalue weighted by atomic mass is 9.94. The van der Waals surface area contributed by atoms with Crippen molar-refractivity contribution in [2.24, 2.45) is 0 Å². The molecule has 0 unspecified atom stereocenters. The quantitative estimate of drug-likeness (QED) is 0.0995. The van der Waals surface area contributed by atoms with E-state index in [9.17, 15) is 24.3 Å². The van der Waals surface area contributed by atoms with Crippen LogP contribution in [0.4, 0.5) is 15.3 Å². The number of nitrogens with one attached hydrogen (secondary N) is 1. The van der Waals surface area contributed by atoms with Gasteiger partial charge >= 0.3 is 12.2 Å². The molecule has 5 aromatic carbocycles. The number of amides is 3. The van der Waals surface area contributed by atoms with Gasteiger partial charge in [-0.15, -0.1) is 0 Å².